The van der Waals surface area contributed by atoms with Gasteiger partial charge in [0.1, 0.15) is 0 Å². The van der Waals surface area contributed by atoms with Crippen LogP contribution in [0.1, 0.15) is 15.9 Å². The van der Waals surface area contributed by atoms with Gasteiger partial charge < -0.3 is 0 Å². The van der Waals surface area contributed by atoms with Crippen LogP contribution < -0.4 is 0 Å². The van der Waals surface area contributed by atoms with Crippen molar-refractivity contribution in [3.05, 3.63) is 64.7 Å². The molecule has 0 aliphatic heterocycles. The molecule has 2 aromatic carbocycles. The molecule has 1 nitrogen and oxygen atoms in total. The molecule has 3 heteroatoms. The molecule has 0 amide bonds. The Morgan fingerprint density at radius 3 is 2.35 bits per heavy atom. The van der Waals surface area contributed by atoms with Crippen LogP contribution in [0, 0.1) is 0 Å². The average molecular weight is 263 g/mol. The highest BCUT2D eigenvalue weighted by molar-refractivity contribution is 7.80. The van der Waals surface area contributed by atoms with Crippen molar-refractivity contribution < 1.29 is 4.79 Å². The highest BCUT2D eigenvalue weighted by Crippen LogP contribution is 2.18. The number of carbonyl (C=O) groups is 1. The lowest BCUT2D eigenvalue weighted by Crippen LogP contribution is -2.04. The number of hydrogen-bond donors (Lipinski definition) is 1. The second-order valence-corrected chi connectivity index (χ2v) is 4.67. The Bertz CT molecular complexity index is 534. The summed E-state index contributed by atoms with van der Waals surface area (Å²) >= 11 is 10.2. The SMILES string of the molecule is O=C(Cc1ccc(S)cc1)c1ccccc1Cl. The fourth-order valence-electron chi connectivity index (χ4n) is 1.58. The zero-order valence-corrected chi connectivity index (χ0v) is 10.7. The molecule has 0 radical (unpaired) electrons. The van der Waals surface area contributed by atoms with E-state index in [-0.39, 0.29) is 5.78 Å². The molecule has 17 heavy (non-hydrogen) atoms. The predicted octanol–water partition coefficient (Wildman–Crippen LogP) is 4.05. The third-order valence-electron chi connectivity index (χ3n) is 2.48. The zero-order valence-electron chi connectivity index (χ0n) is 9.06. The first kappa shape index (κ1) is 12.2. The van der Waals surface area contributed by atoms with E-state index in [9.17, 15) is 4.79 Å². The van der Waals surface area contributed by atoms with Crippen molar-refractivity contribution in [1.82, 2.24) is 0 Å². The van der Waals surface area contributed by atoms with E-state index in [1.807, 2.05) is 36.4 Å². The first-order valence-corrected chi connectivity index (χ1v) is 6.05. The topological polar surface area (TPSA) is 17.1 Å². The van der Waals surface area contributed by atoms with Gasteiger partial charge in [-0.05, 0) is 29.8 Å². The van der Waals surface area contributed by atoms with Crippen LogP contribution >= 0.6 is 24.2 Å². The van der Waals surface area contributed by atoms with E-state index < -0.39 is 0 Å². The Labute approximate surface area is 111 Å². The summed E-state index contributed by atoms with van der Waals surface area (Å²) in [6.07, 6.45) is 0.359. The molecular formula is C14H11ClOS. The number of Topliss-reactive ketones (excluding diaryl/α,β-unsaturated/α-hetero) is 1. The second kappa shape index (κ2) is 5.39. The van der Waals surface area contributed by atoms with Gasteiger partial charge in [0.25, 0.3) is 0 Å². The molecular weight excluding hydrogens is 252 g/mol. The van der Waals surface area contributed by atoms with Gasteiger partial charge in [0.2, 0.25) is 0 Å². The van der Waals surface area contributed by atoms with Gasteiger partial charge in [-0.25, -0.2) is 0 Å². The van der Waals surface area contributed by atoms with Crippen molar-refractivity contribution in [2.24, 2.45) is 0 Å². The molecule has 0 atom stereocenters. The van der Waals surface area contributed by atoms with Crippen molar-refractivity contribution in [2.75, 3.05) is 0 Å². The predicted molar refractivity (Wildman–Crippen MR) is 73.2 cm³/mol. The molecule has 0 aliphatic rings. The molecule has 0 aliphatic carbocycles. The Kier molecular flexibility index (Phi) is 3.87. The monoisotopic (exact) mass is 262 g/mol. The van der Waals surface area contributed by atoms with Crippen LogP contribution in [0.2, 0.25) is 5.02 Å². The maximum absolute atomic E-state index is 12.0. The van der Waals surface area contributed by atoms with Gasteiger partial charge in [-0.3, -0.25) is 4.79 Å². The summed E-state index contributed by atoms with van der Waals surface area (Å²) in [4.78, 5) is 12.9. The van der Waals surface area contributed by atoms with E-state index in [1.165, 1.54) is 0 Å². The number of rotatable bonds is 3. The minimum Gasteiger partial charge on any atom is -0.294 e. The van der Waals surface area contributed by atoms with Crippen molar-refractivity contribution in [1.29, 1.82) is 0 Å². The lowest BCUT2D eigenvalue weighted by Gasteiger charge is -2.03. The fourth-order valence-corrected chi connectivity index (χ4v) is 1.97. The Balaban J connectivity index is 2.17. The van der Waals surface area contributed by atoms with Crippen LogP contribution in [0.4, 0.5) is 0 Å². The molecule has 0 saturated carbocycles. The van der Waals surface area contributed by atoms with Crippen molar-refractivity contribution >= 4 is 30.0 Å². The van der Waals surface area contributed by atoms with Gasteiger partial charge in [0, 0.05) is 16.9 Å². The minimum absolute atomic E-state index is 0.0301. The maximum atomic E-state index is 12.0. The summed E-state index contributed by atoms with van der Waals surface area (Å²) in [5.74, 6) is 0.0301. The smallest absolute Gasteiger partial charge is 0.168 e. The van der Waals surface area contributed by atoms with E-state index >= 15 is 0 Å². The third-order valence-corrected chi connectivity index (χ3v) is 3.10. The lowest BCUT2D eigenvalue weighted by molar-refractivity contribution is 0.0993. The van der Waals surface area contributed by atoms with E-state index in [0.717, 1.165) is 10.5 Å². The van der Waals surface area contributed by atoms with E-state index in [2.05, 4.69) is 12.6 Å². The van der Waals surface area contributed by atoms with Crippen LogP contribution in [0.15, 0.2) is 53.4 Å². The minimum atomic E-state index is 0.0301. The van der Waals surface area contributed by atoms with Crippen LogP contribution in [0.3, 0.4) is 0 Å². The number of ketones is 1. The van der Waals surface area contributed by atoms with Gasteiger partial charge >= 0.3 is 0 Å². The zero-order chi connectivity index (χ0) is 12.3. The Morgan fingerprint density at radius 1 is 1.06 bits per heavy atom. The molecule has 0 fully saturated rings. The van der Waals surface area contributed by atoms with E-state index in [0.29, 0.717) is 17.0 Å². The molecule has 86 valence electrons. The summed E-state index contributed by atoms with van der Waals surface area (Å²) in [6, 6.07) is 14.7. The van der Waals surface area contributed by atoms with Crippen molar-refractivity contribution in [3.63, 3.8) is 0 Å². The number of thiol groups is 1. The Morgan fingerprint density at radius 2 is 1.71 bits per heavy atom. The second-order valence-electron chi connectivity index (χ2n) is 3.75. The van der Waals surface area contributed by atoms with E-state index in [1.54, 1.807) is 12.1 Å². The summed E-state index contributed by atoms with van der Waals surface area (Å²) in [6.45, 7) is 0. The summed E-state index contributed by atoms with van der Waals surface area (Å²) in [5, 5.41) is 0.503. The fraction of sp³-hybridized carbons (Fsp3) is 0.0714. The van der Waals surface area contributed by atoms with Crippen LogP contribution in [0.5, 0.6) is 0 Å². The van der Waals surface area contributed by atoms with Crippen LogP contribution in [0.25, 0.3) is 0 Å². The van der Waals surface area contributed by atoms with Crippen molar-refractivity contribution in [2.45, 2.75) is 11.3 Å². The summed E-state index contributed by atoms with van der Waals surface area (Å²) in [5.41, 5.74) is 1.54. The van der Waals surface area contributed by atoms with Crippen LogP contribution in [-0.2, 0) is 6.42 Å². The molecule has 0 saturated heterocycles. The van der Waals surface area contributed by atoms with Gasteiger partial charge in [-0.1, -0.05) is 35.9 Å². The molecule has 0 spiro atoms. The normalized spacial score (nSPS) is 10.2. The Hall–Kier alpha value is -1.25. The first-order chi connectivity index (χ1) is 8.16. The van der Waals surface area contributed by atoms with Gasteiger partial charge in [0.05, 0.1) is 5.02 Å². The molecule has 0 heterocycles. The third kappa shape index (κ3) is 3.11. The first-order valence-electron chi connectivity index (χ1n) is 5.22. The van der Waals surface area contributed by atoms with E-state index in [4.69, 9.17) is 11.6 Å². The number of benzene rings is 2. The molecule has 0 unspecified atom stereocenters. The standard InChI is InChI=1S/C14H11ClOS/c15-13-4-2-1-3-12(13)14(16)9-10-5-7-11(17)8-6-10/h1-8,17H,9H2. The quantitative estimate of drug-likeness (QED) is 0.652. The maximum Gasteiger partial charge on any atom is 0.168 e. The summed E-state index contributed by atoms with van der Waals surface area (Å²) < 4.78 is 0. The molecule has 2 aromatic rings. The van der Waals surface area contributed by atoms with Crippen molar-refractivity contribution in [3.8, 4) is 0 Å². The largest absolute Gasteiger partial charge is 0.294 e. The highest BCUT2D eigenvalue weighted by atomic mass is 35.5. The molecule has 2 rings (SSSR count). The number of hydrogen-bond acceptors (Lipinski definition) is 2. The molecule has 0 N–H and O–H groups in total. The van der Waals surface area contributed by atoms with Crippen LogP contribution in [-0.4, -0.2) is 5.78 Å². The number of carbonyl (C=O) groups excluding carboxylic acids is 1. The van der Waals surface area contributed by atoms with Gasteiger partial charge in [-0.2, -0.15) is 0 Å². The van der Waals surface area contributed by atoms with Gasteiger partial charge in [0.15, 0.2) is 5.78 Å². The molecule has 0 bridgehead atoms. The average Bonchev–Trinajstić information content (AvgIpc) is 2.32. The lowest BCUT2D eigenvalue weighted by atomic mass is 10.0. The highest BCUT2D eigenvalue weighted by Gasteiger charge is 2.10. The summed E-state index contributed by atoms with van der Waals surface area (Å²) in [7, 11) is 0. The molecule has 0 aromatic heterocycles. The van der Waals surface area contributed by atoms with Gasteiger partial charge in [-0.15, -0.1) is 12.6 Å². The number of halogens is 1.